The molecular weight excluding hydrogens is 293 g/mol. The molecule has 0 amide bonds. The normalized spacial score (nSPS) is 10.4. The van der Waals surface area contributed by atoms with Gasteiger partial charge in [-0.25, -0.2) is 13.6 Å². The lowest BCUT2D eigenvalue weighted by Gasteiger charge is -2.08. The fourth-order valence-corrected chi connectivity index (χ4v) is 1.49. The molecule has 2 aromatic carbocycles. The lowest BCUT2D eigenvalue weighted by Crippen LogP contribution is -2.10. The Hall–Kier alpha value is -2.90. The number of phenols is 3. The number of halogens is 3. The topological polar surface area (TPSA) is 87.0 Å². The molecule has 3 N–H and O–H groups in total. The van der Waals surface area contributed by atoms with Crippen molar-refractivity contribution in [2.75, 3.05) is 0 Å². The fraction of sp³-hybridized carbons (Fsp3) is 0. The maximum absolute atomic E-state index is 13.3. The maximum atomic E-state index is 13.3. The van der Waals surface area contributed by atoms with Gasteiger partial charge < -0.3 is 20.1 Å². The first-order valence-electron chi connectivity index (χ1n) is 5.41. The van der Waals surface area contributed by atoms with E-state index in [9.17, 15) is 28.2 Å². The minimum absolute atomic E-state index is 0.269. The summed E-state index contributed by atoms with van der Waals surface area (Å²) in [5.41, 5.74) is -0.466. The number of benzene rings is 2. The van der Waals surface area contributed by atoms with Crippen LogP contribution in [0.3, 0.4) is 0 Å². The number of ether oxygens (including phenoxy) is 1. The monoisotopic (exact) mass is 300 g/mol. The molecule has 0 aliphatic rings. The van der Waals surface area contributed by atoms with Crippen molar-refractivity contribution < 1.29 is 38.0 Å². The third-order valence-corrected chi connectivity index (χ3v) is 2.47. The molecule has 0 radical (unpaired) electrons. The van der Waals surface area contributed by atoms with E-state index in [1.807, 2.05) is 0 Å². The molecule has 0 heterocycles. The van der Waals surface area contributed by atoms with E-state index in [-0.39, 0.29) is 6.07 Å². The molecule has 110 valence electrons. The number of hydrogen-bond donors (Lipinski definition) is 3. The smallest absolute Gasteiger partial charge is 0.343 e. The van der Waals surface area contributed by atoms with Gasteiger partial charge >= 0.3 is 5.97 Å². The Morgan fingerprint density at radius 3 is 2.10 bits per heavy atom. The summed E-state index contributed by atoms with van der Waals surface area (Å²) in [5.74, 6) is -9.09. The second-order valence-electron chi connectivity index (χ2n) is 3.95. The third kappa shape index (κ3) is 2.83. The van der Waals surface area contributed by atoms with Crippen LogP contribution in [0.1, 0.15) is 10.4 Å². The minimum Gasteiger partial charge on any atom is -0.504 e. The molecule has 0 saturated carbocycles. The van der Waals surface area contributed by atoms with Crippen molar-refractivity contribution in [2.24, 2.45) is 0 Å². The van der Waals surface area contributed by atoms with E-state index in [0.717, 1.165) is 12.1 Å². The van der Waals surface area contributed by atoms with Crippen molar-refractivity contribution in [1.29, 1.82) is 0 Å². The minimum atomic E-state index is -1.57. The Kier molecular flexibility index (Phi) is 3.62. The third-order valence-electron chi connectivity index (χ3n) is 2.47. The largest absolute Gasteiger partial charge is 0.504 e. The van der Waals surface area contributed by atoms with Gasteiger partial charge in [0.15, 0.2) is 28.8 Å². The quantitative estimate of drug-likeness (QED) is 0.343. The van der Waals surface area contributed by atoms with Crippen LogP contribution >= 0.6 is 0 Å². The van der Waals surface area contributed by atoms with Gasteiger partial charge in [0.05, 0.1) is 5.56 Å². The first kappa shape index (κ1) is 14.5. The van der Waals surface area contributed by atoms with Crippen LogP contribution in [-0.4, -0.2) is 21.3 Å². The second-order valence-corrected chi connectivity index (χ2v) is 3.95. The summed E-state index contributed by atoms with van der Waals surface area (Å²) in [6.07, 6.45) is 0. The van der Waals surface area contributed by atoms with Crippen molar-refractivity contribution >= 4 is 5.97 Å². The number of rotatable bonds is 2. The highest BCUT2D eigenvalue weighted by atomic mass is 19.2. The van der Waals surface area contributed by atoms with Crippen molar-refractivity contribution in [2.45, 2.75) is 0 Å². The Balaban J connectivity index is 2.35. The molecule has 8 heteroatoms. The molecule has 0 aliphatic heterocycles. The SMILES string of the molecule is O=C(Oc1cc(F)cc(F)c1F)c1cc(O)c(O)c(O)c1. The highest BCUT2D eigenvalue weighted by molar-refractivity contribution is 5.92. The summed E-state index contributed by atoms with van der Waals surface area (Å²) in [4.78, 5) is 11.7. The van der Waals surface area contributed by atoms with Crippen LogP contribution in [0.4, 0.5) is 13.2 Å². The van der Waals surface area contributed by atoms with Gasteiger partial charge in [-0.1, -0.05) is 0 Å². The summed E-state index contributed by atoms with van der Waals surface area (Å²) in [7, 11) is 0. The van der Waals surface area contributed by atoms with Crippen LogP contribution in [0.15, 0.2) is 24.3 Å². The highest BCUT2D eigenvalue weighted by Crippen LogP contribution is 2.35. The molecule has 0 spiro atoms. The first-order chi connectivity index (χ1) is 9.79. The zero-order chi connectivity index (χ0) is 15.7. The van der Waals surface area contributed by atoms with Crippen molar-refractivity contribution in [1.82, 2.24) is 0 Å². The van der Waals surface area contributed by atoms with Crippen LogP contribution in [0, 0.1) is 17.5 Å². The summed E-state index contributed by atoms with van der Waals surface area (Å²) in [5, 5.41) is 27.6. The van der Waals surface area contributed by atoms with Crippen LogP contribution in [0.2, 0.25) is 0 Å². The number of carbonyl (C=O) groups excluding carboxylic acids is 1. The number of aromatic hydroxyl groups is 3. The van der Waals surface area contributed by atoms with Gasteiger partial charge in [0.2, 0.25) is 5.82 Å². The molecule has 0 aromatic heterocycles. The zero-order valence-corrected chi connectivity index (χ0v) is 10.1. The number of carbonyl (C=O) groups is 1. The molecule has 0 atom stereocenters. The average molecular weight is 300 g/mol. The summed E-state index contributed by atoms with van der Waals surface area (Å²) in [6.45, 7) is 0. The van der Waals surface area contributed by atoms with E-state index in [1.54, 1.807) is 0 Å². The van der Waals surface area contributed by atoms with E-state index in [0.29, 0.717) is 6.07 Å². The van der Waals surface area contributed by atoms with E-state index in [2.05, 4.69) is 4.74 Å². The van der Waals surface area contributed by atoms with Crippen LogP contribution < -0.4 is 4.74 Å². The molecule has 0 bridgehead atoms. The van der Waals surface area contributed by atoms with E-state index in [1.165, 1.54) is 0 Å². The van der Waals surface area contributed by atoms with Gasteiger partial charge in [0, 0.05) is 12.1 Å². The van der Waals surface area contributed by atoms with Gasteiger partial charge in [-0.15, -0.1) is 0 Å². The predicted octanol–water partition coefficient (Wildman–Crippen LogP) is 2.44. The fourth-order valence-electron chi connectivity index (χ4n) is 1.49. The van der Waals surface area contributed by atoms with Gasteiger partial charge in [0.1, 0.15) is 5.82 Å². The molecular formula is C13H7F3O5. The van der Waals surface area contributed by atoms with Crippen molar-refractivity contribution in [3.8, 4) is 23.0 Å². The van der Waals surface area contributed by atoms with Gasteiger partial charge in [-0.2, -0.15) is 4.39 Å². The molecule has 0 aliphatic carbocycles. The Morgan fingerprint density at radius 2 is 1.52 bits per heavy atom. The first-order valence-corrected chi connectivity index (χ1v) is 5.41. The van der Waals surface area contributed by atoms with E-state index < -0.39 is 52.0 Å². The van der Waals surface area contributed by atoms with Crippen LogP contribution in [0.5, 0.6) is 23.0 Å². The van der Waals surface area contributed by atoms with Crippen LogP contribution in [-0.2, 0) is 0 Å². The second kappa shape index (κ2) is 5.23. The van der Waals surface area contributed by atoms with Gasteiger partial charge in [-0.3, -0.25) is 0 Å². The highest BCUT2D eigenvalue weighted by Gasteiger charge is 2.19. The van der Waals surface area contributed by atoms with Crippen LogP contribution in [0.25, 0.3) is 0 Å². The standard InChI is InChI=1S/C13H7F3O5/c14-6-3-7(15)11(16)10(4-6)21-13(20)5-1-8(17)12(19)9(18)2-5/h1-4,17-19H. The average Bonchev–Trinajstić information content (AvgIpc) is 2.40. The van der Waals surface area contributed by atoms with Gasteiger partial charge in [-0.05, 0) is 12.1 Å². The maximum Gasteiger partial charge on any atom is 0.343 e. The lowest BCUT2D eigenvalue weighted by molar-refractivity contribution is 0.0725. The Morgan fingerprint density at radius 1 is 0.952 bits per heavy atom. The number of esters is 1. The molecule has 21 heavy (non-hydrogen) atoms. The summed E-state index contributed by atoms with van der Waals surface area (Å²) < 4.78 is 43.7. The molecule has 0 unspecified atom stereocenters. The molecule has 2 aromatic rings. The zero-order valence-electron chi connectivity index (χ0n) is 10.1. The predicted molar refractivity (Wildman–Crippen MR) is 62.7 cm³/mol. The Bertz CT molecular complexity index is 707. The number of hydrogen-bond acceptors (Lipinski definition) is 5. The lowest BCUT2D eigenvalue weighted by atomic mass is 10.2. The summed E-state index contributed by atoms with van der Waals surface area (Å²) in [6, 6.07) is 2.18. The Labute approximate surface area is 115 Å². The molecule has 5 nitrogen and oxygen atoms in total. The summed E-state index contributed by atoms with van der Waals surface area (Å²) >= 11 is 0. The van der Waals surface area contributed by atoms with E-state index >= 15 is 0 Å². The van der Waals surface area contributed by atoms with Crippen molar-refractivity contribution in [3.05, 3.63) is 47.3 Å². The van der Waals surface area contributed by atoms with E-state index in [4.69, 9.17) is 5.11 Å². The van der Waals surface area contributed by atoms with Gasteiger partial charge in [0.25, 0.3) is 0 Å². The molecule has 0 fully saturated rings. The molecule has 2 rings (SSSR count). The number of phenolic OH excluding ortho intramolecular Hbond substituents is 3. The van der Waals surface area contributed by atoms with Crippen molar-refractivity contribution in [3.63, 3.8) is 0 Å². The molecule has 0 saturated heterocycles.